The van der Waals surface area contributed by atoms with Gasteiger partial charge in [0.25, 0.3) is 11.7 Å². The Morgan fingerprint density at radius 2 is 1.60 bits per heavy atom. The number of ether oxygens (including phenoxy) is 1. The second kappa shape index (κ2) is 9.23. The molecule has 4 rings (SSSR count). The quantitative estimate of drug-likeness (QED) is 0.255. The number of hydrogen-bond donors (Lipinski definition) is 1. The maximum Gasteiger partial charge on any atom is 0.300 e. The van der Waals surface area contributed by atoms with Crippen molar-refractivity contribution >= 4 is 34.7 Å². The molecule has 180 valence electrons. The molecule has 1 aliphatic heterocycles. The van der Waals surface area contributed by atoms with Gasteiger partial charge < -0.3 is 9.84 Å². The van der Waals surface area contributed by atoms with Gasteiger partial charge in [0.05, 0.1) is 18.7 Å². The molecule has 0 saturated carbocycles. The molecule has 3 aromatic carbocycles. The maximum absolute atomic E-state index is 13.4. The number of benzene rings is 3. The van der Waals surface area contributed by atoms with Crippen LogP contribution in [-0.4, -0.2) is 23.9 Å². The van der Waals surface area contributed by atoms with Gasteiger partial charge in [-0.25, -0.2) is 0 Å². The molecule has 35 heavy (non-hydrogen) atoms. The average molecular weight is 490 g/mol. The van der Waals surface area contributed by atoms with Crippen LogP contribution >= 0.6 is 11.6 Å². The van der Waals surface area contributed by atoms with Crippen LogP contribution in [0.4, 0.5) is 5.69 Å². The van der Waals surface area contributed by atoms with Crippen molar-refractivity contribution in [1.29, 1.82) is 0 Å². The number of hydrogen-bond acceptors (Lipinski definition) is 4. The lowest BCUT2D eigenvalue weighted by molar-refractivity contribution is -0.132. The monoisotopic (exact) mass is 489 g/mol. The lowest BCUT2D eigenvalue weighted by Crippen LogP contribution is -2.30. The van der Waals surface area contributed by atoms with E-state index in [1.165, 1.54) is 4.90 Å². The molecule has 1 amide bonds. The Balaban J connectivity index is 1.94. The summed E-state index contributed by atoms with van der Waals surface area (Å²) in [6.45, 7) is 8.16. The molecule has 0 aromatic heterocycles. The summed E-state index contributed by atoms with van der Waals surface area (Å²) in [5.74, 6) is -1.08. The molecule has 6 heteroatoms. The molecule has 1 N–H and O–H groups in total. The number of anilines is 1. The van der Waals surface area contributed by atoms with E-state index in [0.29, 0.717) is 33.1 Å². The summed E-state index contributed by atoms with van der Waals surface area (Å²) in [7, 11) is 1.55. The molecule has 0 radical (unpaired) electrons. The van der Waals surface area contributed by atoms with E-state index in [1.54, 1.807) is 56.5 Å². The third-order valence-electron chi connectivity index (χ3n) is 6.40. The van der Waals surface area contributed by atoms with E-state index in [9.17, 15) is 14.7 Å². The number of ketones is 1. The van der Waals surface area contributed by atoms with Gasteiger partial charge in [0.15, 0.2) is 0 Å². The largest absolute Gasteiger partial charge is 0.507 e. The molecule has 1 atom stereocenters. The smallest absolute Gasteiger partial charge is 0.300 e. The zero-order valence-corrected chi connectivity index (χ0v) is 21.2. The highest BCUT2D eigenvalue weighted by Gasteiger charge is 2.47. The van der Waals surface area contributed by atoms with Crippen LogP contribution < -0.4 is 9.64 Å². The molecular weight excluding hydrogens is 462 g/mol. The number of nitrogens with zero attached hydrogens (tertiary/aromatic N) is 1. The summed E-state index contributed by atoms with van der Waals surface area (Å²) >= 11 is 6.37. The van der Waals surface area contributed by atoms with Crippen molar-refractivity contribution in [2.75, 3.05) is 12.0 Å². The number of halogens is 1. The Labute approximate surface area is 210 Å². The minimum atomic E-state index is -0.816. The zero-order chi connectivity index (χ0) is 25.5. The van der Waals surface area contributed by atoms with E-state index in [2.05, 4.69) is 20.8 Å². The third-order valence-corrected chi connectivity index (χ3v) is 6.81. The van der Waals surface area contributed by atoms with E-state index in [-0.39, 0.29) is 16.7 Å². The van der Waals surface area contributed by atoms with Gasteiger partial charge in [0.1, 0.15) is 11.5 Å². The van der Waals surface area contributed by atoms with Crippen LogP contribution in [0.1, 0.15) is 49.1 Å². The first-order chi connectivity index (χ1) is 16.5. The van der Waals surface area contributed by atoms with E-state index >= 15 is 0 Å². The van der Waals surface area contributed by atoms with Gasteiger partial charge in [0, 0.05) is 16.3 Å². The van der Waals surface area contributed by atoms with Gasteiger partial charge in [-0.15, -0.1) is 0 Å². The fraction of sp³-hybridized carbons (Fsp3) is 0.241. The number of carbonyl (C=O) groups excluding carboxylic acids is 2. The van der Waals surface area contributed by atoms with Crippen molar-refractivity contribution in [3.8, 4) is 5.75 Å². The van der Waals surface area contributed by atoms with Crippen molar-refractivity contribution in [2.45, 2.75) is 39.2 Å². The Bertz CT molecular complexity index is 1320. The van der Waals surface area contributed by atoms with Crippen LogP contribution in [0, 0.1) is 6.92 Å². The number of rotatable bonds is 4. The van der Waals surface area contributed by atoms with Crippen molar-refractivity contribution in [2.24, 2.45) is 0 Å². The fourth-order valence-electron chi connectivity index (χ4n) is 4.32. The summed E-state index contributed by atoms with van der Waals surface area (Å²) in [5.41, 5.74) is 3.42. The standard InChI is InChI=1S/C29H28ClNO4/c1-17-22(30)7-6-8-23(17)31-25(18-9-13-20(14-10-18)29(2,3)4)24(27(33)28(31)34)26(32)19-11-15-21(35-5)16-12-19/h6-16,25,32H,1-5H3/b26-24+. The predicted octanol–water partition coefficient (Wildman–Crippen LogP) is 6.58. The van der Waals surface area contributed by atoms with Crippen LogP contribution in [0.3, 0.4) is 0 Å². The molecule has 1 aliphatic rings. The van der Waals surface area contributed by atoms with Gasteiger partial charge >= 0.3 is 0 Å². The van der Waals surface area contributed by atoms with E-state index in [0.717, 1.165) is 5.56 Å². The molecule has 0 bridgehead atoms. The molecule has 3 aromatic rings. The Kier molecular flexibility index (Phi) is 6.48. The molecule has 1 saturated heterocycles. The van der Waals surface area contributed by atoms with Gasteiger partial charge in [0.2, 0.25) is 0 Å². The summed E-state index contributed by atoms with van der Waals surface area (Å²) in [5, 5.41) is 11.8. The number of aliphatic hydroxyl groups is 1. The van der Waals surface area contributed by atoms with Crippen LogP contribution in [0.2, 0.25) is 5.02 Å². The summed E-state index contributed by atoms with van der Waals surface area (Å²) in [4.78, 5) is 28.2. The number of aliphatic hydroxyl groups excluding tert-OH is 1. The first-order valence-corrected chi connectivity index (χ1v) is 11.7. The van der Waals surface area contributed by atoms with Crippen LogP contribution in [0.15, 0.2) is 72.3 Å². The zero-order valence-electron chi connectivity index (χ0n) is 20.4. The highest BCUT2D eigenvalue weighted by Crippen LogP contribution is 2.44. The van der Waals surface area contributed by atoms with Gasteiger partial charge in [-0.2, -0.15) is 0 Å². The van der Waals surface area contributed by atoms with Crippen molar-refractivity contribution in [1.82, 2.24) is 0 Å². The highest BCUT2D eigenvalue weighted by molar-refractivity contribution is 6.52. The van der Waals surface area contributed by atoms with Crippen molar-refractivity contribution in [3.63, 3.8) is 0 Å². The minimum Gasteiger partial charge on any atom is -0.507 e. The fourth-order valence-corrected chi connectivity index (χ4v) is 4.49. The molecule has 1 heterocycles. The van der Waals surface area contributed by atoms with Crippen LogP contribution in [0.25, 0.3) is 5.76 Å². The van der Waals surface area contributed by atoms with Crippen molar-refractivity contribution < 1.29 is 19.4 Å². The topological polar surface area (TPSA) is 66.8 Å². The SMILES string of the molecule is COc1ccc(/C(O)=C2\C(=O)C(=O)N(c3cccc(Cl)c3C)C2c2ccc(C(C)(C)C)cc2)cc1. The van der Waals surface area contributed by atoms with E-state index in [4.69, 9.17) is 16.3 Å². The molecular formula is C29H28ClNO4. The third kappa shape index (κ3) is 4.44. The first-order valence-electron chi connectivity index (χ1n) is 11.4. The Morgan fingerprint density at radius 3 is 2.17 bits per heavy atom. The average Bonchev–Trinajstić information content (AvgIpc) is 3.10. The Hall–Kier alpha value is -3.57. The number of methoxy groups -OCH3 is 1. The molecule has 0 spiro atoms. The highest BCUT2D eigenvalue weighted by atomic mass is 35.5. The molecule has 5 nitrogen and oxygen atoms in total. The van der Waals surface area contributed by atoms with Gasteiger partial charge in [-0.05, 0) is 65.4 Å². The van der Waals surface area contributed by atoms with Crippen LogP contribution in [-0.2, 0) is 15.0 Å². The van der Waals surface area contributed by atoms with Crippen LogP contribution in [0.5, 0.6) is 5.75 Å². The molecule has 1 fully saturated rings. The maximum atomic E-state index is 13.4. The molecule has 1 unspecified atom stereocenters. The summed E-state index contributed by atoms with van der Waals surface area (Å²) in [6.07, 6.45) is 0. The molecule has 0 aliphatic carbocycles. The van der Waals surface area contributed by atoms with E-state index in [1.807, 2.05) is 24.3 Å². The lowest BCUT2D eigenvalue weighted by Gasteiger charge is -2.28. The second-order valence-corrected chi connectivity index (χ2v) is 10.1. The lowest BCUT2D eigenvalue weighted by atomic mass is 9.85. The summed E-state index contributed by atoms with van der Waals surface area (Å²) in [6, 6.07) is 18.9. The predicted molar refractivity (Wildman–Crippen MR) is 139 cm³/mol. The second-order valence-electron chi connectivity index (χ2n) is 9.65. The van der Waals surface area contributed by atoms with Gasteiger partial charge in [-0.3, -0.25) is 14.5 Å². The van der Waals surface area contributed by atoms with Crippen molar-refractivity contribution in [3.05, 3.63) is 99.6 Å². The first kappa shape index (κ1) is 24.6. The Morgan fingerprint density at radius 1 is 0.971 bits per heavy atom. The summed E-state index contributed by atoms with van der Waals surface area (Å²) < 4.78 is 5.20. The number of amides is 1. The minimum absolute atomic E-state index is 0.0306. The number of carbonyl (C=O) groups is 2. The normalized spacial score (nSPS) is 17.7. The van der Waals surface area contributed by atoms with Gasteiger partial charge in [-0.1, -0.05) is 62.7 Å². The van der Waals surface area contributed by atoms with E-state index < -0.39 is 17.7 Å². The number of Topliss-reactive ketones (excluding diaryl/α,β-unsaturated/α-hetero) is 1.